The van der Waals surface area contributed by atoms with Gasteiger partial charge in [0.15, 0.2) is 4.75 Å². The molecule has 0 saturated carbocycles. The largest absolute Gasteiger partial charge is 0.508 e. The molecule has 3 aromatic carbocycles. The molecule has 0 spiro atoms. The summed E-state index contributed by atoms with van der Waals surface area (Å²) in [5.74, 6) is -0.777. The Morgan fingerprint density at radius 2 is 1.41 bits per heavy atom. The Bertz CT molecular complexity index is 1200. The van der Waals surface area contributed by atoms with Gasteiger partial charge in [-0.3, -0.25) is 4.55 Å². The lowest BCUT2D eigenvalue weighted by molar-refractivity contribution is 0.440. The van der Waals surface area contributed by atoms with Crippen LogP contribution in [0, 0.1) is 0 Å². The van der Waals surface area contributed by atoms with E-state index < -0.39 is 20.6 Å². The third-order valence-corrected chi connectivity index (χ3v) is 7.17. The summed E-state index contributed by atoms with van der Waals surface area (Å²) >= 11 is 24.6. The standard InChI is InChI=1S/C19H12Cl4O5S/c20-11-8-14(18(25)16(22)9-11)19(29(26,27)28,10-4-6-12(24)7-5-10)13-2-1-3-15(21)17(13)23/h1-9,24-25H,(H,26,27,28). The van der Waals surface area contributed by atoms with E-state index in [2.05, 4.69) is 0 Å². The first-order chi connectivity index (χ1) is 13.5. The first-order valence-corrected chi connectivity index (χ1v) is 10.8. The summed E-state index contributed by atoms with van der Waals surface area (Å²) in [5, 5.41) is 19.9. The van der Waals surface area contributed by atoms with Gasteiger partial charge in [-0.25, -0.2) is 0 Å². The molecule has 10 heteroatoms. The maximum absolute atomic E-state index is 13.0. The Labute approximate surface area is 186 Å². The molecule has 0 fully saturated rings. The van der Waals surface area contributed by atoms with E-state index in [0.717, 1.165) is 6.07 Å². The molecule has 0 heterocycles. The number of aromatic hydroxyl groups is 2. The van der Waals surface area contributed by atoms with Gasteiger partial charge in [-0.1, -0.05) is 70.7 Å². The minimum absolute atomic E-state index is 0.00718. The molecule has 0 aliphatic carbocycles. The van der Waals surface area contributed by atoms with Crippen LogP contribution in [0.15, 0.2) is 54.6 Å². The third-order valence-electron chi connectivity index (χ3n) is 4.40. The molecule has 3 rings (SSSR count). The first-order valence-electron chi connectivity index (χ1n) is 7.89. The fourth-order valence-corrected chi connectivity index (χ4v) is 5.50. The fraction of sp³-hybridized carbons (Fsp3) is 0.0526. The molecule has 0 aliphatic heterocycles. The smallest absolute Gasteiger partial charge is 0.283 e. The average molecular weight is 494 g/mol. The summed E-state index contributed by atoms with van der Waals surface area (Å²) in [6.07, 6.45) is 0. The summed E-state index contributed by atoms with van der Waals surface area (Å²) < 4.78 is 34.0. The third kappa shape index (κ3) is 3.65. The van der Waals surface area contributed by atoms with Crippen LogP contribution in [-0.2, 0) is 14.9 Å². The van der Waals surface area contributed by atoms with Gasteiger partial charge in [-0.15, -0.1) is 0 Å². The van der Waals surface area contributed by atoms with Gasteiger partial charge in [0.2, 0.25) is 0 Å². The second-order valence-corrected chi connectivity index (χ2v) is 9.28. The van der Waals surface area contributed by atoms with Gasteiger partial charge in [0.25, 0.3) is 10.1 Å². The van der Waals surface area contributed by atoms with E-state index in [1.165, 1.54) is 48.5 Å². The van der Waals surface area contributed by atoms with Crippen LogP contribution in [0.2, 0.25) is 20.1 Å². The number of rotatable bonds is 4. The molecule has 0 saturated heterocycles. The minimum Gasteiger partial charge on any atom is -0.508 e. The molecule has 0 amide bonds. The predicted octanol–water partition coefficient (Wildman–Crippen LogP) is 5.89. The van der Waals surface area contributed by atoms with Crippen LogP contribution in [-0.4, -0.2) is 23.2 Å². The molecular weight excluding hydrogens is 482 g/mol. The molecule has 1 unspecified atom stereocenters. The van der Waals surface area contributed by atoms with Crippen molar-refractivity contribution in [2.24, 2.45) is 0 Å². The first kappa shape index (κ1) is 22.0. The lowest BCUT2D eigenvalue weighted by Gasteiger charge is -2.34. The number of phenols is 2. The van der Waals surface area contributed by atoms with E-state index in [4.69, 9.17) is 46.4 Å². The van der Waals surface area contributed by atoms with Gasteiger partial charge >= 0.3 is 0 Å². The van der Waals surface area contributed by atoms with Gasteiger partial charge in [-0.05, 0) is 35.9 Å². The zero-order valence-electron chi connectivity index (χ0n) is 14.3. The molecular formula is C19H12Cl4O5S. The second-order valence-electron chi connectivity index (χ2n) is 6.09. The van der Waals surface area contributed by atoms with Crippen molar-refractivity contribution in [3.05, 3.63) is 91.4 Å². The Morgan fingerprint density at radius 1 is 0.793 bits per heavy atom. The van der Waals surface area contributed by atoms with Gasteiger partial charge < -0.3 is 10.2 Å². The number of benzene rings is 3. The van der Waals surface area contributed by atoms with Crippen molar-refractivity contribution in [3.8, 4) is 11.5 Å². The summed E-state index contributed by atoms with van der Waals surface area (Å²) in [4.78, 5) is 0. The second kappa shape index (κ2) is 7.87. The summed E-state index contributed by atoms with van der Waals surface area (Å²) in [7, 11) is -5.10. The van der Waals surface area contributed by atoms with E-state index in [-0.39, 0.29) is 42.5 Å². The zero-order valence-corrected chi connectivity index (χ0v) is 18.1. The molecule has 29 heavy (non-hydrogen) atoms. The predicted molar refractivity (Wildman–Crippen MR) is 114 cm³/mol. The summed E-state index contributed by atoms with van der Waals surface area (Å²) in [6, 6.07) is 11.5. The Kier molecular flexibility index (Phi) is 5.98. The molecule has 3 N–H and O–H groups in total. The van der Waals surface area contributed by atoms with Crippen LogP contribution in [0.1, 0.15) is 16.7 Å². The van der Waals surface area contributed by atoms with Gasteiger partial charge in [-0.2, -0.15) is 8.42 Å². The zero-order chi connectivity index (χ0) is 21.6. The highest BCUT2D eigenvalue weighted by Gasteiger charge is 2.52. The number of hydrogen-bond acceptors (Lipinski definition) is 4. The molecule has 1 atom stereocenters. The van der Waals surface area contributed by atoms with E-state index >= 15 is 0 Å². The van der Waals surface area contributed by atoms with Crippen molar-refractivity contribution >= 4 is 56.5 Å². The van der Waals surface area contributed by atoms with Gasteiger partial charge in [0.1, 0.15) is 11.5 Å². The molecule has 0 aliphatic rings. The van der Waals surface area contributed by atoms with Gasteiger partial charge in [0.05, 0.1) is 15.1 Å². The average Bonchev–Trinajstić information content (AvgIpc) is 2.63. The fourth-order valence-electron chi connectivity index (χ4n) is 3.19. The van der Waals surface area contributed by atoms with Crippen LogP contribution >= 0.6 is 46.4 Å². The highest BCUT2D eigenvalue weighted by Crippen LogP contribution is 2.52. The number of hydrogen-bond donors (Lipinski definition) is 3. The van der Waals surface area contributed by atoms with Crippen molar-refractivity contribution in [2.45, 2.75) is 4.75 Å². The molecule has 0 aromatic heterocycles. The van der Waals surface area contributed by atoms with Crippen LogP contribution < -0.4 is 0 Å². The molecule has 0 bridgehead atoms. The van der Waals surface area contributed by atoms with Crippen molar-refractivity contribution in [3.63, 3.8) is 0 Å². The summed E-state index contributed by atoms with van der Waals surface area (Å²) in [6.45, 7) is 0. The molecule has 152 valence electrons. The number of phenolic OH excluding ortho intramolecular Hbond substituents is 2. The van der Waals surface area contributed by atoms with Crippen molar-refractivity contribution in [1.82, 2.24) is 0 Å². The minimum atomic E-state index is -5.10. The van der Waals surface area contributed by atoms with Crippen LogP contribution in [0.3, 0.4) is 0 Å². The van der Waals surface area contributed by atoms with Crippen molar-refractivity contribution < 1.29 is 23.2 Å². The van der Waals surface area contributed by atoms with Crippen LogP contribution in [0.5, 0.6) is 11.5 Å². The maximum atomic E-state index is 13.0. The Morgan fingerprint density at radius 3 is 2.00 bits per heavy atom. The van der Waals surface area contributed by atoms with Crippen molar-refractivity contribution in [2.75, 3.05) is 0 Å². The van der Waals surface area contributed by atoms with E-state index in [1.54, 1.807) is 0 Å². The van der Waals surface area contributed by atoms with Crippen LogP contribution in [0.4, 0.5) is 0 Å². The topological polar surface area (TPSA) is 94.8 Å². The number of halogens is 4. The van der Waals surface area contributed by atoms with E-state index in [1.807, 2.05) is 0 Å². The lowest BCUT2D eigenvalue weighted by atomic mass is 9.83. The monoisotopic (exact) mass is 492 g/mol. The normalized spacial score (nSPS) is 13.8. The summed E-state index contributed by atoms with van der Waals surface area (Å²) in [5.41, 5.74) is -0.531. The van der Waals surface area contributed by atoms with Crippen molar-refractivity contribution in [1.29, 1.82) is 0 Å². The van der Waals surface area contributed by atoms with E-state index in [9.17, 15) is 23.2 Å². The molecule has 3 aromatic rings. The Hall–Kier alpha value is -1.67. The highest BCUT2D eigenvalue weighted by atomic mass is 35.5. The maximum Gasteiger partial charge on any atom is 0.283 e. The van der Waals surface area contributed by atoms with Crippen LogP contribution in [0.25, 0.3) is 0 Å². The Balaban J connectivity index is 2.63. The SMILES string of the molecule is O=S(=O)(O)C(c1ccc(O)cc1)(c1cc(Cl)cc(Cl)c1O)c1cccc(Cl)c1Cl. The van der Waals surface area contributed by atoms with Gasteiger partial charge in [0, 0.05) is 16.1 Å². The lowest BCUT2D eigenvalue weighted by Crippen LogP contribution is -2.38. The van der Waals surface area contributed by atoms with E-state index in [0.29, 0.717) is 0 Å². The molecule has 0 radical (unpaired) electrons. The molecule has 5 nitrogen and oxygen atoms in total. The quantitative estimate of drug-likeness (QED) is 0.311. The highest BCUT2D eigenvalue weighted by molar-refractivity contribution is 7.87.